The van der Waals surface area contributed by atoms with E-state index in [0.29, 0.717) is 13.1 Å². The van der Waals surface area contributed by atoms with Gasteiger partial charge in [0.1, 0.15) is 11.9 Å². The Balaban J connectivity index is 1.99. The van der Waals surface area contributed by atoms with Crippen molar-refractivity contribution in [3.63, 3.8) is 0 Å². The van der Waals surface area contributed by atoms with E-state index in [2.05, 4.69) is 0 Å². The minimum atomic E-state index is -4.45. The summed E-state index contributed by atoms with van der Waals surface area (Å²) in [5.41, 5.74) is -0.840. The number of amides is 1. The van der Waals surface area contributed by atoms with Gasteiger partial charge in [0.15, 0.2) is 0 Å². The van der Waals surface area contributed by atoms with Gasteiger partial charge in [-0.25, -0.2) is 4.79 Å². The Morgan fingerprint density at radius 1 is 1.48 bits per heavy atom. The third-order valence-electron chi connectivity index (χ3n) is 3.42. The summed E-state index contributed by atoms with van der Waals surface area (Å²) in [5.74, 6) is 0.158. The van der Waals surface area contributed by atoms with Crippen molar-refractivity contribution in [2.24, 2.45) is 5.92 Å². The zero-order valence-electron chi connectivity index (χ0n) is 11.0. The van der Waals surface area contributed by atoms with Crippen LogP contribution < -0.4 is 4.74 Å². The van der Waals surface area contributed by atoms with Gasteiger partial charge in [-0.2, -0.15) is 13.2 Å². The fourth-order valence-corrected chi connectivity index (χ4v) is 2.26. The van der Waals surface area contributed by atoms with Gasteiger partial charge in [-0.3, -0.25) is 0 Å². The van der Waals surface area contributed by atoms with Crippen molar-refractivity contribution < 1.29 is 27.8 Å². The van der Waals surface area contributed by atoms with Gasteiger partial charge in [-0.1, -0.05) is 11.6 Å². The number of carbonyl (C=O) groups is 1. The first-order valence-electron chi connectivity index (χ1n) is 6.19. The number of rotatable bonds is 3. The Morgan fingerprint density at radius 2 is 2.10 bits per heavy atom. The molecule has 1 aliphatic rings. The maximum atomic E-state index is 12.5. The Kier molecular flexibility index (Phi) is 4.22. The lowest BCUT2D eigenvalue weighted by Gasteiger charge is -2.40. The summed E-state index contributed by atoms with van der Waals surface area (Å²) in [4.78, 5) is 11.9. The lowest BCUT2D eigenvalue weighted by Crippen LogP contribution is -2.54. The molecule has 1 aromatic rings. The first-order valence-corrected chi connectivity index (χ1v) is 6.57. The standard InChI is InChI=1S/C13H13ClF3NO3/c1-7(8-5-18(6-8)12(19)20)21-11-3-2-9(4-10(11)14)13(15,16)17/h2-4,7-8H,5-6H2,1H3,(H,19,20). The molecule has 0 saturated carbocycles. The Morgan fingerprint density at radius 3 is 2.57 bits per heavy atom. The van der Waals surface area contributed by atoms with Gasteiger partial charge in [0.2, 0.25) is 0 Å². The van der Waals surface area contributed by atoms with E-state index in [1.54, 1.807) is 6.92 Å². The summed E-state index contributed by atoms with van der Waals surface area (Å²) in [7, 11) is 0. The molecule has 1 saturated heterocycles. The highest BCUT2D eigenvalue weighted by Crippen LogP contribution is 2.35. The van der Waals surface area contributed by atoms with Gasteiger partial charge < -0.3 is 14.7 Å². The van der Waals surface area contributed by atoms with E-state index < -0.39 is 17.8 Å². The maximum Gasteiger partial charge on any atom is 0.416 e. The average molecular weight is 324 g/mol. The average Bonchev–Trinajstić information content (AvgIpc) is 2.27. The number of hydrogen-bond donors (Lipinski definition) is 1. The van der Waals surface area contributed by atoms with Crippen LogP contribution in [0.25, 0.3) is 0 Å². The topological polar surface area (TPSA) is 49.8 Å². The molecule has 0 aromatic heterocycles. The second-order valence-electron chi connectivity index (χ2n) is 4.91. The number of halogens is 4. The van der Waals surface area contributed by atoms with Gasteiger partial charge in [0, 0.05) is 19.0 Å². The fraction of sp³-hybridized carbons (Fsp3) is 0.462. The van der Waals surface area contributed by atoms with E-state index >= 15 is 0 Å². The van der Waals surface area contributed by atoms with E-state index in [4.69, 9.17) is 21.4 Å². The van der Waals surface area contributed by atoms with Crippen LogP contribution in [0.5, 0.6) is 5.75 Å². The summed E-state index contributed by atoms with van der Waals surface area (Å²) in [6.07, 6.45) is -5.79. The molecule has 1 unspecified atom stereocenters. The zero-order chi connectivity index (χ0) is 15.8. The van der Waals surface area contributed by atoms with Crippen molar-refractivity contribution in [2.75, 3.05) is 13.1 Å². The first-order chi connectivity index (χ1) is 9.68. The highest BCUT2D eigenvalue weighted by Gasteiger charge is 2.36. The smallest absolute Gasteiger partial charge is 0.416 e. The van der Waals surface area contributed by atoms with Crippen molar-refractivity contribution in [3.8, 4) is 5.75 Å². The molecule has 1 aromatic carbocycles. The lowest BCUT2D eigenvalue weighted by molar-refractivity contribution is -0.137. The molecular weight excluding hydrogens is 311 g/mol. The van der Waals surface area contributed by atoms with Crippen molar-refractivity contribution in [1.29, 1.82) is 0 Å². The minimum absolute atomic E-state index is 0.000501. The molecule has 21 heavy (non-hydrogen) atoms. The van der Waals surface area contributed by atoms with E-state index in [-0.39, 0.29) is 22.8 Å². The Labute approximate surface area is 124 Å². The molecular formula is C13H13ClF3NO3. The van der Waals surface area contributed by atoms with Gasteiger partial charge >= 0.3 is 12.3 Å². The van der Waals surface area contributed by atoms with Crippen molar-refractivity contribution in [3.05, 3.63) is 28.8 Å². The van der Waals surface area contributed by atoms with E-state index in [1.807, 2.05) is 0 Å². The molecule has 1 fully saturated rings. The molecule has 0 spiro atoms. The third kappa shape index (κ3) is 3.53. The Bertz CT molecular complexity index is 544. The SMILES string of the molecule is CC(Oc1ccc(C(F)(F)F)cc1Cl)C1CN(C(=O)O)C1. The van der Waals surface area contributed by atoms with Crippen LogP contribution in [0.15, 0.2) is 18.2 Å². The normalized spacial score (nSPS) is 17.3. The van der Waals surface area contributed by atoms with Crippen LogP contribution >= 0.6 is 11.6 Å². The molecule has 0 radical (unpaired) electrons. The minimum Gasteiger partial charge on any atom is -0.489 e. The molecule has 1 heterocycles. The van der Waals surface area contributed by atoms with E-state index in [1.165, 1.54) is 11.0 Å². The molecule has 8 heteroatoms. The molecule has 1 N–H and O–H groups in total. The van der Waals surface area contributed by atoms with Crippen LogP contribution in [-0.4, -0.2) is 35.3 Å². The summed E-state index contributed by atoms with van der Waals surface area (Å²) in [6, 6.07) is 2.89. The summed E-state index contributed by atoms with van der Waals surface area (Å²) >= 11 is 5.80. The number of carboxylic acid groups (broad SMARTS) is 1. The fourth-order valence-electron chi connectivity index (χ4n) is 2.03. The molecule has 1 atom stereocenters. The molecule has 4 nitrogen and oxygen atoms in total. The van der Waals surface area contributed by atoms with Gasteiger partial charge in [-0.15, -0.1) is 0 Å². The molecule has 0 aliphatic carbocycles. The van der Waals surface area contributed by atoms with Crippen LogP contribution in [0.1, 0.15) is 12.5 Å². The second kappa shape index (κ2) is 5.63. The molecule has 1 amide bonds. The Hall–Kier alpha value is -1.63. The van der Waals surface area contributed by atoms with E-state index in [0.717, 1.165) is 12.1 Å². The molecule has 2 rings (SSSR count). The largest absolute Gasteiger partial charge is 0.489 e. The van der Waals surface area contributed by atoms with Crippen LogP contribution in [-0.2, 0) is 6.18 Å². The lowest BCUT2D eigenvalue weighted by atomic mass is 9.95. The number of hydrogen-bond acceptors (Lipinski definition) is 2. The summed E-state index contributed by atoms with van der Waals surface area (Å²) < 4.78 is 43.1. The number of ether oxygens (including phenoxy) is 1. The van der Waals surface area contributed by atoms with Crippen molar-refractivity contribution >= 4 is 17.7 Å². The monoisotopic (exact) mass is 323 g/mol. The third-order valence-corrected chi connectivity index (χ3v) is 3.71. The van der Waals surface area contributed by atoms with Crippen molar-refractivity contribution in [1.82, 2.24) is 4.90 Å². The van der Waals surface area contributed by atoms with Crippen LogP contribution in [0.3, 0.4) is 0 Å². The summed E-state index contributed by atoms with van der Waals surface area (Å²) in [5, 5.41) is 8.61. The van der Waals surface area contributed by atoms with Crippen LogP contribution in [0, 0.1) is 5.92 Å². The van der Waals surface area contributed by atoms with Crippen LogP contribution in [0.2, 0.25) is 5.02 Å². The highest BCUT2D eigenvalue weighted by molar-refractivity contribution is 6.32. The van der Waals surface area contributed by atoms with E-state index in [9.17, 15) is 18.0 Å². The molecule has 1 aliphatic heterocycles. The number of nitrogens with zero attached hydrogens (tertiary/aromatic N) is 1. The maximum absolute atomic E-state index is 12.5. The molecule has 0 bridgehead atoms. The predicted octanol–water partition coefficient (Wildman–Crippen LogP) is 3.74. The van der Waals surface area contributed by atoms with Crippen molar-refractivity contribution in [2.45, 2.75) is 19.2 Å². The number of alkyl halides is 3. The number of likely N-dealkylation sites (tertiary alicyclic amines) is 1. The first kappa shape index (κ1) is 15.8. The van der Waals surface area contributed by atoms with Gasteiger partial charge in [0.25, 0.3) is 0 Å². The van der Waals surface area contributed by atoms with Crippen LogP contribution in [0.4, 0.5) is 18.0 Å². The van der Waals surface area contributed by atoms with Gasteiger partial charge in [-0.05, 0) is 25.1 Å². The molecule has 116 valence electrons. The quantitative estimate of drug-likeness (QED) is 0.922. The van der Waals surface area contributed by atoms with Gasteiger partial charge in [0.05, 0.1) is 10.6 Å². The highest BCUT2D eigenvalue weighted by atomic mass is 35.5. The zero-order valence-corrected chi connectivity index (χ0v) is 11.8. The number of benzene rings is 1. The summed E-state index contributed by atoms with van der Waals surface area (Å²) in [6.45, 7) is 2.42. The second-order valence-corrected chi connectivity index (χ2v) is 5.32. The predicted molar refractivity (Wildman–Crippen MR) is 69.6 cm³/mol.